The lowest BCUT2D eigenvalue weighted by Crippen LogP contribution is -2.32. The van der Waals surface area contributed by atoms with Crippen LogP contribution in [0.2, 0.25) is 0 Å². The minimum atomic E-state index is -0.210. The molecule has 76 valence electrons. The highest BCUT2D eigenvalue weighted by atomic mass is 79.9. The molecule has 3 heteroatoms. The first-order chi connectivity index (χ1) is 6.62. The van der Waals surface area contributed by atoms with Gasteiger partial charge in [0.1, 0.15) is 5.75 Å². The molecule has 0 aromatic heterocycles. The van der Waals surface area contributed by atoms with E-state index in [0.29, 0.717) is 0 Å². The van der Waals surface area contributed by atoms with E-state index in [1.807, 2.05) is 12.1 Å². The van der Waals surface area contributed by atoms with Crippen molar-refractivity contribution in [2.45, 2.75) is 31.2 Å². The minimum Gasteiger partial charge on any atom is -0.507 e. The molecule has 0 spiro atoms. The Kier molecular flexibility index (Phi) is 2.54. The Morgan fingerprint density at radius 2 is 1.93 bits per heavy atom. The first-order valence-electron chi connectivity index (χ1n) is 4.90. The standard InChI is InChI=1S/C11H14BrNO/c12-9-4-3-8(7-10(9)14)11(13)5-1-2-6-11/h3-4,7,14H,1-2,5-6,13H2. The van der Waals surface area contributed by atoms with Gasteiger partial charge in [0.2, 0.25) is 0 Å². The number of halogens is 1. The summed E-state index contributed by atoms with van der Waals surface area (Å²) in [6.45, 7) is 0. The van der Waals surface area contributed by atoms with Crippen molar-refractivity contribution in [1.82, 2.24) is 0 Å². The van der Waals surface area contributed by atoms with Crippen molar-refractivity contribution < 1.29 is 5.11 Å². The number of phenols is 1. The van der Waals surface area contributed by atoms with Crippen molar-refractivity contribution in [3.8, 4) is 5.75 Å². The molecular weight excluding hydrogens is 242 g/mol. The molecule has 0 saturated heterocycles. The van der Waals surface area contributed by atoms with Crippen LogP contribution in [0.1, 0.15) is 31.2 Å². The molecule has 1 aliphatic rings. The Morgan fingerprint density at radius 3 is 2.50 bits per heavy atom. The van der Waals surface area contributed by atoms with Gasteiger partial charge in [0.15, 0.2) is 0 Å². The predicted octanol–water partition coefficient (Wildman–Crippen LogP) is 2.88. The van der Waals surface area contributed by atoms with Gasteiger partial charge in [-0.3, -0.25) is 0 Å². The van der Waals surface area contributed by atoms with Crippen LogP contribution in [0.3, 0.4) is 0 Å². The van der Waals surface area contributed by atoms with Crippen molar-refractivity contribution in [3.05, 3.63) is 28.2 Å². The molecule has 1 aliphatic carbocycles. The Balaban J connectivity index is 2.36. The lowest BCUT2D eigenvalue weighted by Gasteiger charge is -2.24. The van der Waals surface area contributed by atoms with Gasteiger partial charge in [0.05, 0.1) is 4.47 Å². The molecule has 1 saturated carbocycles. The Labute approximate surface area is 92.3 Å². The zero-order valence-electron chi connectivity index (χ0n) is 7.96. The molecule has 0 amide bonds. The summed E-state index contributed by atoms with van der Waals surface area (Å²) in [6.07, 6.45) is 4.42. The van der Waals surface area contributed by atoms with E-state index in [1.54, 1.807) is 6.07 Å². The fourth-order valence-electron chi connectivity index (χ4n) is 2.12. The topological polar surface area (TPSA) is 46.2 Å². The van der Waals surface area contributed by atoms with Gasteiger partial charge in [0, 0.05) is 5.54 Å². The van der Waals surface area contributed by atoms with Gasteiger partial charge in [-0.1, -0.05) is 18.9 Å². The summed E-state index contributed by atoms with van der Waals surface area (Å²) in [5.41, 5.74) is 7.11. The summed E-state index contributed by atoms with van der Waals surface area (Å²) < 4.78 is 0.725. The zero-order chi connectivity index (χ0) is 10.2. The lowest BCUT2D eigenvalue weighted by molar-refractivity contribution is 0.445. The third kappa shape index (κ3) is 1.66. The fraction of sp³-hybridized carbons (Fsp3) is 0.455. The van der Waals surface area contributed by atoms with Crippen LogP contribution >= 0.6 is 15.9 Å². The Hall–Kier alpha value is -0.540. The Bertz CT molecular complexity index is 345. The van der Waals surface area contributed by atoms with Crippen LogP contribution < -0.4 is 5.73 Å². The molecule has 0 aliphatic heterocycles. The van der Waals surface area contributed by atoms with Crippen LogP contribution in [0.4, 0.5) is 0 Å². The van der Waals surface area contributed by atoms with E-state index in [-0.39, 0.29) is 11.3 Å². The summed E-state index contributed by atoms with van der Waals surface area (Å²) in [7, 11) is 0. The number of hydrogen-bond donors (Lipinski definition) is 2. The van der Waals surface area contributed by atoms with E-state index in [4.69, 9.17) is 5.73 Å². The summed E-state index contributed by atoms with van der Waals surface area (Å²) in [6, 6.07) is 5.63. The second kappa shape index (κ2) is 3.55. The molecule has 0 atom stereocenters. The van der Waals surface area contributed by atoms with Crippen molar-refractivity contribution in [1.29, 1.82) is 0 Å². The predicted molar refractivity (Wildman–Crippen MR) is 60.1 cm³/mol. The smallest absolute Gasteiger partial charge is 0.130 e. The van der Waals surface area contributed by atoms with E-state index in [9.17, 15) is 5.11 Å². The third-order valence-electron chi connectivity index (χ3n) is 3.02. The molecule has 2 rings (SSSR count). The number of rotatable bonds is 1. The summed E-state index contributed by atoms with van der Waals surface area (Å²) in [5.74, 6) is 0.277. The normalized spacial score (nSPS) is 19.9. The highest BCUT2D eigenvalue weighted by Crippen LogP contribution is 2.38. The van der Waals surface area contributed by atoms with Gasteiger partial charge in [-0.05, 0) is 46.5 Å². The van der Waals surface area contributed by atoms with Gasteiger partial charge in [0.25, 0.3) is 0 Å². The molecule has 0 radical (unpaired) electrons. The van der Waals surface area contributed by atoms with Crippen LogP contribution in [-0.2, 0) is 5.54 Å². The summed E-state index contributed by atoms with van der Waals surface area (Å²) in [4.78, 5) is 0. The molecule has 0 bridgehead atoms. The van der Waals surface area contributed by atoms with Crippen molar-refractivity contribution in [2.24, 2.45) is 5.73 Å². The number of hydrogen-bond acceptors (Lipinski definition) is 2. The number of phenolic OH excluding ortho intramolecular Hbond substituents is 1. The number of benzene rings is 1. The maximum absolute atomic E-state index is 9.57. The fourth-order valence-corrected chi connectivity index (χ4v) is 2.36. The highest BCUT2D eigenvalue weighted by molar-refractivity contribution is 9.10. The number of nitrogens with two attached hydrogens (primary N) is 1. The quantitative estimate of drug-likeness (QED) is 0.811. The maximum atomic E-state index is 9.57. The number of aromatic hydroxyl groups is 1. The molecule has 2 nitrogen and oxygen atoms in total. The van der Waals surface area contributed by atoms with Gasteiger partial charge < -0.3 is 10.8 Å². The van der Waals surface area contributed by atoms with Crippen LogP contribution in [-0.4, -0.2) is 5.11 Å². The highest BCUT2D eigenvalue weighted by Gasteiger charge is 2.31. The monoisotopic (exact) mass is 255 g/mol. The Morgan fingerprint density at radius 1 is 1.29 bits per heavy atom. The van der Waals surface area contributed by atoms with Crippen molar-refractivity contribution in [2.75, 3.05) is 0 Å². The van der Waals surface area contributed by atoms with E-state index in [0.717, 1.165) is 22.9 Å². The van der Waals surface area contributed by atoms with Crippen molar-refractivity contribution in [3.63, 3.8) is 0 Å². The summed E-state index contributed by atoms with van der Waals surface area (Å²) in [5, 5.41) is 9.57. The minimum absolute atomic E-state index is 0.210. The second-order valence-corrected chi connectivity index (χ2v) is 4.88. The average Bonchev–Trinajstić information content (AvgIpc) is 2.58. The van der Waals surface area contributed by atoms with Gasteiger partial charge in [-0.2, -0.15) is 0 Å². The van der Waals surface area contributed by atoms with Gasteiger partial charge >= 0.3 is 0 Å². The lowest BCUT2D eigenvalue weighted by atomic mass is 9.89. The maximum Gasteiger partial charge on any atom is 0.130 e. The van der Waals surface area contributed by atoms with Crippen LogP contribution in [0.15, 0.2) is 22.7 Å². The average molecular weight is 256 g/mol. The van der Waals surface area contributed by atoms with Crippen LogP contribution in [0.5, 0.6) is 5.75 Å². The first kappa shape index (κ1) is 9.99. The van der Waals surface area contributed by atoms with Gasteiger partial charge in [-0.25, -0.2) is 0 Å². The van der Waals surface area contributed by atoms with Crippen molar-refractivity contribution >= 4 is 15.9 Å². The van der Waals surface area contributed by atoms with E-state index < -0.39 is 0 Å². The van der Waals surface area contributed by atoms with Crippen LogP contribution in [0.25, 0.3) is 0 Å². The summed E-state index contributed by atoms with van der Waals surface area (Å²) >= 11 is 3.26. The van der Waals surface area contributed by atoms with Gasteiger partial charge in [-0.15, -0.1) is 0 Å². The SMILES string of the molecule is NC1(c2ccc(Br)c(O)c2)CCCC1. The molecule has 3 N–H and O–H groups in total. The molecule has 0 unspecified atom stereocenters. The molecule has 1 aromatic rings. The molecule has 0 heterocycles. The third-order valence-corrected chi connectivity index (χ3v) is 3.69. The first-order valence-corrected chi connectivity index (χ1v) is 5.69. The zero-order valence-corrected chi connectivity index (χ0v) is 9.55. The van der Waals surface area contributed by atoms with Crippen LogP contribution in [0, 0.1) is 0 Å². The van der Waals surface area contributed by atoms with E-state index in [2.05, 4.69) is 15.9 Å². The molecule has 1 fully saturated rings. The van der Waals surface area contributed by atoms with E-state index in [1.165, 1.54) is 12.8 Å². The second-order valence-electron chi connectivity index (χ2n) is 4.03. The van der Waals surface area contributed by atoms with E-state index >= 15 is 0 Å². The molecular formula is C11H14BrNO. The molecule has 14 heavy (non-hydrogen) atoms. The molecule has 1 aromatic carbocycles. The largest absolute Gasteiger partial charge is 0.507 e.